The van der Waals surface area contributed by atoms with Gasteiger partial charge in [0.15, 0.2) is 0 Å². The van der Waals surface area contributed by atoms with Gasteiger partial charge in [-0.25, -0.2) is 14.3 Å². The second-order valence-electron chi connectivity index (χ2n) is 4.72. The highest BCUT2D eigenvalue weighted by atomic mass is 16.2. The van der Waals surface area contributed by atoms with E-state index in [1.54, 1.807) is 0 Å². The fraction of sp³-hybridized carbons (Fsp3) is 0.267. The monoisotopic (exact) mass is 269 g/mol. The standard InChI is InChI=1S/C15H15N3O2/c1-6-12-8-13(19)18(15(20)17(12)5)14-10(3)7-9(2)11(4)16-14/h1,7-8H,2-5H3. The van der Waals surface area contributed by atoms with E-state index >= 15 is 0 Å². The third-order valence-electron chi connectivity index (χ3n) is 3.31. The summed E-state index contributed by atoms with van der Waals surface area (Å²) < 4.78 is 2.31. The molecule has 0 radical (unpaired) electrons. The molecule has 5 heteroatoms. The van der Waals surface area contributed by atoms with Gasteiger partial charge in [-0.2, -0.15) is 0 Å². The molecule has 0 amide bonds. The van der Waals surface area contributed by atoms with Gasteiger partial charge in [-0.1, -0.05) is 12.0 Å². The molecule has 2 heterocycles. The van der Waals surface area contributed by atoms with E-state index in [0.717, 1.165) is 21.4 Å². The van der Waals surface area contributed by atoms with E-state index in [-0.39, 0.29) is 5.69 Å². The highest BCUT2D eigenvalue weighted by molar-refractivity contribution is 5.38. The lowest BCUT2D eigenvalue weighted by molar-refractivity contribution is 0.715. The Morgan fingerprint density at radius 3 is 2.40 bits per heavy atom. The predicted molar refractivity (Wildman–Crippen MR) is 77.2 cm³/mol. The fourth-order valence-electron chi connectivity index (χ4n) is 2.01. The van der Waals surface area contributed by atoms with E-state index in [0.29, 0.717) is 5.82 Å². The molecule has 0 bridgehead atoms. The number of aryl methyl sites for hydroxylation is 3. The molecule has 0 unspecified atom stereocenters. The minimum Gasteiger partial charge on any atom is -0.289 e. The second kappa shape index (κ2) is 4.82. The molecule has 0 aliphatic rings. The molecule has 0 saturated carbocycles. The van der Waals surface area contributed by atoms with Gasteiger partial charge >= 0.3 is 5.69 Å². The van der Waals surface area contributed by atoms with Gasteiger partial charge in [0.1, 0.15) is 11.5 Å². The summed E-state index contributed by atoms with van der Waals surface area (Å²) in [5.74, 6) is 2.67. The minimum atomic E-state index is -0.496. The fourth-order valence-corrected chi connectivity index (χ4v) is 2.01. The zero-order valence-corrected chi connectivity index (χ0v) is 11.9. The molecule has 0 aliphatic heterocycles. The molecule has 0 N–H and O–H groups in total. The van der Waals surface area contributed by atoms with Gasteiger partial charge in [-0.3, -0.25) is 9.36 Å². The summed E-state index contributed by atoms with van der Waals surface area (Å²) in [7, 11) is 1.53. The maximum Gasteiger partial charge on any atom is 0.337 e. The van der Waals surface area contributed by atoms with Gasteiger partial charge in [0, 0.05) is 18.8 Å². The highest BCUT2D eigenvalue weighted by Gasteiger charge is 2.13. The summed E-state index contributed by atoms with van der Waals surface area (Å²) in [5, 5.41) is 0. The van der Waals surface area contributed by atoms with Crippen molar-refractivity contribution in [1.82, 2.24) is 14.1 Å². The van der Waals surface area contributed by atoms with Crippen molar-refractivity contribution in [3.63, 3.8) is 0 Å². The van der Waals surface area contributed by atoms with Crippen molar-refractivity contribution in [2.75, 3.05) is 0 Å². The zero-order chi connectivity index (χ0) is 15.0. The summed E-state index contributed by atoms with van der Waals surface area (Å²) in [5.41, 5.74) is 1.83. The Kier molecular flexibility index (Phi) is 3.33. The predicted octanol–water partition coefficient (Wildman–Crippen LogP) is 0.838. The number of rotatable bonds is 1. The first kappa shape index (κ1) is 13.8. The molecular formula is C15H15N3O2. The number of terminal acetylenes is 1. The SMILES string of the molecule is C#Cc1cc(=O)n(-c2nc(C)c(C)cc2C)c(=O)n1C. The van der Waals surface area contributed by atoms with Crippen LogP contribution in [0.15, 0.2) is 21.7 Å². The lowest BCUT2D eigenvalue weighted by atomic mass is 10.1. The molecule has 2 aromatic rings. The molecule has 0 spiro atoms. The minimum absolute atomic E-state index is 0.248. The number of pyridine rings is 1. The Morgan fingerprint density at radius 2 is 1.80 bits per heavy atom. The maximum absolute atomic E-state index is 12.3. The van der Waals surface area contributed by atoms with Crippen LogP contribution < -0.4 is 11.2 Å². The molecule has 2 rings (SSSR count). The molecule has 5 nitrogen and oxygen atoms in total. The van der Waals surface area contributed by atoms with Crippen LogP contribution in [0.2, 0.25) is 0 Å². The van der Waals surface area contributed by atoms with Crippen molar-refractivity contribution in [3.05, 3.63) is 55.5 Å². The zero-order valence-electron chi connectivity index (χ0n) is 11.9. The van der Waals surface area contributed by atoms with Gasteiger partial charge in [-0.15, -0.1) is 6.42 Å². The lowest BCUT2D eigenvalue weighted by Gasteiger charge is -2.12. The van der Waals surface area contributed by atoms with Crippen LogP contribution in [0.5, 0.6) is 0 Å². The number of nitrogens with zero attached hydrogens (tertiary/aromatic N) is 3. The van der Waals surface area contributed by atoms with E-state index in [2.05, 4.69) is 10.9 Å². The first-order valence-electron chi connectivity index (χ1n) is 6.11. The average Bonchev–Trinajstić information content (AvgIpc) is 2.39. The van der Waals surface area contributed by atoms with Crippen LogP contribution in [0.25, 0.3) is 5.82 Å². The Labute approximate surface area is 116 Å². The summed E-state index contributed by atoms with van der Waals surface area (Å²) >= 11 is 0. The third kappa shape index (κ3) is 2.05. The number of aromatic nitrogens is 3. The van der Waals surface area contributed by atoms with E-state index in [4.69, 9.17) is 6.42 Å². The van der Waals surface area contributed by atoms with E-state index in [1.807, 2.05) is 26.8 Å². The largest absolute Gasteiger partial charge is 0.337 e. The van der Waals surface area contributed by atoms with Crippen LogP contribution in [0.4, 0.5) is 0 Å². The molecule has 2 aromatic heterocycles. The van der Waals surface area contributed by atoms with Gasteiger partial charge < -0.3 is 0 Å². The summed E-state index contributed by atoms with van der Waals surface area (Å²) in [6, 6.07) is 3.16. The summed E-state index contributed by atoms with van der Waals surface area (Å²) in [6.45, 7) is 5.58. The lowest BCUT2D eigenvalue weighted by Crippen LogP contribution is -2.39. The first-order valence-corrected chi connectivity index (χ1v) is 6.11. The van der Waals surface area contributed by atoms with Gasteiger partial charge in [0.2, 0.25) is 0 Å². The quantitative estimate of drug-likeness (QED) is 0.721. The second-order valence-corrected chi connectivity index (χ2v) is 4.72. The van der Waals surface area contributed by atoms with Crippen molar-refractivity contribution in [2.45, 2.75) is 20.8 Å². The Morgan fingerprint density at radius 1 is 1.15 bits per heavy atom. The van der Waals surface area contributed by atoms with E-state index in [1.165, 1.54) is 17.7 Å². The van der Waals surface area contributed by atoms with Crippen molar-refractivity contribution in [2.24, 2.45) is 7.05 Å². The van der Waals surface area contributed by atoms with E-state index in [9.17, 15) is 9.59 Å². The topological polar surface area (TPSA) is 56.9 Å². The molecule has 0 saturated heterocycles. The molecule has 0 fully saturated rings. The number of hydrogen-bond acceptors (Lipinski definition) is 3. The maximum atomic E-state index is 12.3. The van der Waals surface area contributed by atoms with Crippen molar-refractivity contribution in [3.8, 4) is 18.2 Å². The molecule has 0 aromatic carbocycles. The van der Waals surface area contributed by atoms with Gasteiger partial charge in [0.05, 0.1) is 0 Å². The number of hydrogen-bond donors (Lipinski definition) is 0. The summed E-state index contributed by atoms with van der Waals surface area (Å²) in [4.78, 5) is 28.8. The van der Waals surface area contributed by atoms with Crippen LogP contribution in [-0.4, -0.2) is 14.1 Å². The third-order valence-corrected chi connectivity index (χ3v) is 3.31. The van der Waals surface area contributed by atoms with Gasteiger partial charge in [-0.05, 0) is 31.9 Å². The van der Waals surface area contributed by atoms with Crippen LogP contribution >= 0.6 is 0 Å². The molecule has 0 atom stereocenters. The van der Waals surface area contributed by atoms with Gasteiger partial charge in [0.25, 0.3) is 5.56 Å². The average molecular weight is 269 g/mol. The van der Waals surface area contributed by atoms with Crippen LogP contribution in [0.1, 0.15) is 22.5 Å². The highest BCUT2D eigenvalue weighted by Crippen LogP contribution is 2.12. The Hall–Kier alpha value is -2.61. The Bertz CT molecular complexity index is 851. The Balaban J connectivity index is 2.89. The molecule has 102 valence electrons. The van der Waals surface area contributed by atoms with Crippen molar-refractivity contribution >= 4 is 0 Å². The summed E-state index contributed by atoms with van der Waals surface area (Å²) in [6.07, 6.45) is 5.28. The van der Waals surface area contributed by atoms with Crippen molar-refractivity contribution < 1.29 is 0 Å². The first-order chi connectivity index (χ1) is 9.36. The van der Waals surface area contributed by atoms with Crippen LogP contribution in [-0.2, 0) is 7.05 Å². The normalized spacial score (nSPS) is 10.3. The van der Waals surface area contributed by atoms with Crippen LogP contribution in [0, 0.1) is 33.1 Å². The smallest absolute Gasteiger partial charge is 0.289 e. The molecular weight excluding hydrogens is 254 g/mol. The van der Waals surface area contributed by atoms with E-state index < -0.39 is 11.2 Å². The van der Waals surface area contributed by atoms with Crippen LogP contribution in [0.3, 0.4) is 0 Å². The molecule has 20 heavy (non-hydrogen) atoms. The van der Waals surface area contributed by atoms with Crippen molar-refractivity contribution in [1.29, 1.82) is 0 Å². The molecule has 0 aliphatic carbocycles.